The maximum atomic E-state index is 12.3. The highest BCUT2D eigenvalue weighted by molar-refractivity contribution is 5.31. The summed E-state index contributed by atoms with van der Waals surface area (Å²) in [7, 11) is 0. The maximum Gasteiger partial charge on any atom is 0.387 e. The molecule has 2 nitrogen and oxygen atoms in total. The zero-order chi connectivity index (χ0) is 13.7. The van der Waals surface area contributed by atoms with Crippen LogP contribution >= 0.6 is 0 Å². The fourth-order valence-electron chi connectivity index (χ4n) is 2.51. The van der Waals surface area contributed by atoms with Crippen molar-refractivity contribution in [2.45, 2.75) is 45.3 Å². The Morgan fingerprint density at radius 3 is 2.74 bits per heavy atom. The van der Waals surface area contributed by atoms with Crippen LogP contribution in [0, 0.1) is 5.92 Å². The summed E-state index contributed by atoms with van der Waals surface area (Å²) in [4.78, 5) is 0. The Bertz CT molecular complexity index is 393. The van der Waals surface area contributed by atoms with E-state index in [1.165, 1.54) is 19.3 Å². The van der Waals surface area contributed by atoms with Crippen LogP contribution < -0.4 is 10.1 Å². The highest BCUT2D eigenvalue weighted by atomic mass is 19.3. The van der Waals surface area contributed by atoms with E-state index in [0.29, 0.717) is 5.92 Å². The zero-order valence-electron chi connectivity index (χ0n) is 11.2. The smallest absolute Gasteiger partial charge is 0.387 e. The number of alkyl halides is 2. The third kappa shape index (κ3) is 3.90. The van der Waals surface area contributed by atoms with Gasteiger partial charge in [-0.25, -0.2) is 0 Å². The molecule has 2 rings (SSSR count). The SMILES string of the molecule is CCCNC(c1cccc(OC(F)F)c1)C1CCC1. The van der Waals surface area contributed by atoms with Crippen LogP contribution in [0.4, 0.5) is 8.78 Å². The number of ether oxygens (including phenoxy) is 1. The van der Waals surface area contributed by atoms with E-state index in [2.05, 4.69) is 17.0 Å². The van der Waals surface area contributed by atoms with Gasteiger partial charge in [0, 0.05) is 6.04 Å². The van der Waals surface area contributed by atoms with E-state index >= 15 is 0 Å². The fraction of sp³-hybridized carbons (Fsp3) is 0.600. The van der Waals surface area contributed by atoms with Gasteiger partial charge in [-0.2, -0.15) is 8.78 Å². The summed E-state index contributed by atoms with van der Waals surface area (Å²) < 4.78 is 29.0. The Hall–Kier alpha value is -1.16. The molecule has 0 amide bonds. The average molecular weight is 269 g/mol. The van der Waals surface area contributed by atoms with Gasteiger partial charge in [0.1, 0.15) is 5.75 Å². The van der Waals surface area contributed by atoms with Gasteiger partial charge < -0.3 is 10.1 Å². The molecule has 1 aliphatic carbocycles. The lowest BCUT2D eigenvalue weighted by molar-refractivity contribution is -0.0499. The molecule has 1 N–H and O–H groups in total. The Labute approximate surface area is 113 Å². The van der Waals surface area contributed by atoms with Crippen LogP contribution in [0.15, 0.2) is 24.3 Å². The molecule has 0 heterocycles. The molecule has 1 atom stereocenters. The molecule has 1 aromatic rings. The van der Waals surface area contributed by atoms with Crippen LogP contribution in [-0.2, 0) is 0 Å². The molecule has 0 aromatic heterocycles. The third-order valence-electron chi connectivity index (χ3n) is 3.68. The quantitative estimate of drug-likeness (QED) is 0.803. The molecular formula is C15H21F2NO. The van der Waals surface area contributed by atoms with Gasteiger partial charge in [-0.05, 0) is 49.4 Å². The average Bonchev–Trinajstić information content (AvgIpc) is 2.31. The van der Waals surface area contributed by atoms with Crippen LogP contribution in [-0.4, -0.2) is 13.2 Å². The van der Waals surface area contributed by atoms with Gasteiger partial charge in [-0.3, -0.25) is 0 Å². The van der Waals surface area contributed by atoms with Gasteiger partial charge >= 0.3 is 6.61 Å². The van der Waals surface area contributed by atoms with Gasteiger partial charge in [-0.15, -0.1) is 0 Å². The van der Waals surface area contributed by atoms with Gasteiger partial charge in [0.25, 0.3) is 0 Å². The topological polar surface area (TPSA) is 21.3 Å². The molecule has 4 heteroatoms. The Morgan fingerprint density at radius 1 is 1.37 bits per heavy atom. The molecule has 106 valence electrons. The lowest BCUT2D eigenvalue weighted by Crippen LogP contribution is -2.32. The summed E-state index contributed by atoms with van der Waals surface area (Å²) in [5.74, 6) is 0.864. The predicted octanol–water partition coefficient (Wildman–Crippen LogP) is 4.13. The van der Waals surface area contributed by atoms with E-state index in [1.54, 1.807) is 18.2 Å². The van der Waals surface area contributed by atoms with Crippen molar-refractivity contribution in [3.63, 3.8) is 0 Å². The summed E-state index contributed by atoms with van der Waals surface area (Å²) >= 11 is 0. The monoisotopic (exact) mass is 269 g/mol. The summed E-state index contributed by atoms with van der Waals surface area (Å²) in [5, 5.41) is 3.53. The van der Waals surface area contributed by atoms with Crippen molar-refractivity contribution >= 4 is 0 Å². The second kappa shape index (κ2) is 6.85. The van der Waals surface area contributed by atoms with E-state index in [-0.39, 0.29) is 11.8 Å². The molecule has 0 bridgehead atoms. The summed E-state index contributed by atoms with van der Waals surface area (Å²) in [5.41, 5.74) is 1.05. The largest absolute Gasteiger partial charge is 0.435 e. The molecule has 0 radical (unpaired) electrons. The van der Waals surface area contributed by atoms with E-state index in [4.69, 9.17) is 0 Å². The number of benzene rings is 1. The molecule has 19 heavy (non-hydrogen) atoms. The van der Waals surface area contributed by atoms with Crippen LogP contribution in [0.3, 0.4) is 0 Å². The lowest BCUT2D eigenvalue weighted by Gasteiger charge is -2.35. The number of halogens is 2. The van der Waals surface area contributed by atoms with Crippen molar-refractivity contribution in [2.24, 2.45) is 5.92 Å². The first-order valence-electron chi connectivity index (χ1n) is 6.99. The fourth-order valence-corrected chi connectivity index (χ4v) is 2.51. The van der Waals surface area contributed by atoms with Gasteiger partial charge in [0.05, 0.1) is 0 Å². The molecule has 1 unspecified atom stereocenters. The van der Waals surface area contributed by atoms with Crippen LogP contribution in [0.5, 0.6) is 5.75 Å². The number of nitrogens with one attached hydrogen (secondary N) is 1. The van der Waals surface area contributed by atoms with Crippen LogP contribution in [0.25, 0.3) is 0 Å². The van der Waals surface area contributed by atoms with Crippen molar-refractivity contribution in [3.8, 4) is 5.75 Å². The highest BCUT2D eigenvalue weighted by Crippen LogP contribution is 2.38. The first-order chi connectivity index (χ1) is 9.20. The van der Waals surface area contributed by atoms with E-state index < -0.39 is 6.61 Å². The lowest BCUT2D eigenvalue weighted by atomic mass is 9.77. The van der Waals surface area contributed by atoms with Crippen LogP contribution in [0.1, 0.15) is 44.2 Å². The molecule has 0 spiro atoms. The molecule has 1 saturated carbocycles. The second-order valence-electron chi connectivity index (χ2n) is 5.07. The van der Waals surface area contributed by atoms with Crippen molar-refractivity contribution in [1.29, 1.82) is 0 Å². The predicted molar refractivity (Wildman–Crippen MR) is 71.4 cm³/mol. The molecule has 0 saturated heterocycles. The van der Waals surface area contributed by atoms with E-state index in [0.717, 1.165) is 18.5 Å². The van der Waals surface area contributed by atoms with Crippen molar-refractivity contribution in [3.05, 3.63) is 29.8 Å². The Morgan fingerprint density at radius 2 is 2.16 bits per heavy atom. The molecule has 0 aliphatic heterocycles. The van der Waals surface area contributed by atoms with Crippen molar-refractivity contribution < 1.29 is 13.5 Å². The Kier molecular flexibility index (Phi) is 5.14. The summed E-state index contributed by atoms with van der Waals surface area (Å²) in [6.45, 7) is 0.309. The van der Waals surface area contributed by atoms with Gasteiger partial charge in [0.2, 0.25) is 0 Å². The first kappa shape index (κ1) is 14.3. The second-order valence-corrected chi connectivity index (χ2v) is 5.07. The first-order valence-corrected chi connectivity index (χ1v) is 6.99. The van der Waals surface area contributed by atoms with E-state index in [9.17, 15) is 8.78 Å². The molecule has 1 fully saturated rings. The minimum absolute atomic E-state index is 0.245. The summed E-state index contributed by atoms with van der Waals surface area (Å²) in [6.07, 6.45) is 4.75. The number of rotatable bonds is 7. The number of hydrogen-bond acceptors (Lipinski definition) is 2. The third-order valence-corrected chi connectivity index (χ3v) is 3.68. The molecular weight excluding hydrogens is 248 g/mol. The standard InChI is InChI=1S/C15H21F2NO/c1-2-9-18-14(11-5-3-6-11)12-7-4-8-13(10-12)19-15(16)17/h4,7-8,10-11,14-15,18H,2-3,5-6,9H2,1H3. The van der Waals surface area contributed by atoms with Crippen molar-refractivity contribution in [2.75, 3.05) is 6.54 Å². The zero-order valence-corrected chi connectivity index (χ0v) is 11.2. The Balaban J connectivity index is 2.10. The maximum absolute atomic E-state index is 12.3. The van der Waals surface area contributed by atoms with Gasteiger partial charge in [-0.1, -0.05) is 25.5 Å². The number of hydrogen-bond donors (Lipinski definition) is 1. The van der Waals surface area contributed by atoms with Crippen molar-refractivity contribution in [1.82, 2.24) is 5.32 Å². The van der Waals surface area contributed by atoms with Gasteiger partial charge in [0.15, 0.2) is 0 Å². The van der Waals surface area contributed by atoms with E-state index in [1.807, 2.05) is 6.07 Å². The normalized spacial score (nSPS) is 17.3. The minimum Gasteiger partial charge on any atom is -0.435 e. The minimum atomic E-state index is -2.76. The summed E-state index contributed by atoms with van der Waals surface area (Å²) in [6, 6.07) is 7.34. The van der Waals surface area contributed by atoms with Crippen LogP contribution in [0.2, 0.25) is 0 Å². The molecule has 1 aromatic carbocycles. The highest BCUT2D eigenvalue weighted by Gasteiger charge is 2.28. The molecule has 1 aliphatic rings.